The molecule has 0 aliphatic heterocycles. The smallest absolute Gasteiger partial charge is 0.253 e. The van der Waals surface area contributed by atoms with E-state index in [1.807, 2.05) is 42.7 Å². The zero-order valence-corrected chi connectivity index (χ0v) is 16.5. The van der Waals surface area contributed by atoms with Crippen LogP contribution in [0.15, 0.2) is 30.5 Å². The van der Waals surface area contributed by atoms with Crippen molar-refractivity contribution in [1.82, 2.24) is 19.2 Å². The first-order valence-corrected chi connectivity index (χ1v) is 10.4. The third-order valence-corrected chi connectivity index (χ3v) is 5.62. The molecular formula is C18H26N4O3S. The lowest BCUT2D eigenvalue weighted by Crippen LogP contribution is -2.33. The summed E-state index contributed by atoms with van der Waals surface area (Å²) in [7, 11) is -3.20. The number of aromatic nitrogens is 2. The summed E-state index contributed by atoms with van der Waals surface area (Å²) in [5, 5.41) is 2.87. The average molecular weight is 378 g/mol. The molecule has 0 saturated heterocycles. The molecule has 1 amide bonds. The lowest BCUT2D eigenvalue weighted by Gasteiger charge is -2.17. The van der Waals surface area contributed by atoms with Crippen molar-refractivity contribution in [3.8, 4) is 5.82 Å². The SMILES string of the molecule is CCN(CCCNC(=O)c1cc(C)n(-c2ccccn2)c1C)S(C)(=O)=O. The van der Waals surface area contributed by atoms with Crippen LogP contribution in [-0.2, 0) is 10.0 Å². The van der Waals surface area contributed by atoms with Gasteiger partial charge in [0.05, 0.1) is 11.8 Å². The van der Waals surface area contributed by atoms with E-state index >= 15 is 0 Å². The number of sulfonamides is 1. The molecule has 0 unspecified atom stereocenters. The Morgan fingerprint density at radius 2 is 2.04 bits per heavy atom. The molecule has 26 heavy (non-hydrogen) atoms. The molecule has 0 radical (unpaired) electrons. The number of aryl methyl sites for hydroxylation is 1. The largest absolute Gasteiger partial charge is 0.352 e. The van der Waals surface area contributed by atoms with Gasteiger partial charge in [0.2, 0.25) is 10.0 Å². The second kappa shape index (κ2) is 8.46. The zero-order valence-electron chi connectivity index (χ0n) is 15.7. The van der Waals surface area contributed by atoms with Crippen molar-refractivity contribution in [2.75, 3.05) is 25.9 Å². The van der Waals surface area contributed by atoms with E-state index in [0.717, 1.165) is 17.2 Å². The van der Waals surface area contributed by atoms with Gasteiger partial charge in [0.15, 0.2) is 0 Å². The van der Waals surface area contributed by atoms with Crippen molar-refractivity contribution >= 4 is 15.9 Å². The standard InChI is InChI=1S/C18H26N4O3S/c1-5-21(26(4,24)25)12-8-11-20-18(23)16-13-14(2)22(15(16)3)17-9-6-7-10-19-17/h6-7,9-10,13H,5,8,11-12H2,1-4H3,(H,20,23). The number of rotatable bonds is 8. The van der Waals surface area contributed by atoms with Gasteiger partial charge in [-0.1, -0.05) is 13.0 Å². The number of carbonyl (C=O) groups excluding carboxylic acids is 1. The molecule has 7 nitrogen and oxygen atoms in total. The van der Waals surface area contributed by atoms with Crippen LogP contribution in [-0.4, -0.2) is 54.1 Å². The van der Waals surface area contributed by atoms with E-state index in [9.17, 15) is 13.2 Å². The maximum atomic E-state index is 12.5. The van der Waals surface area contributed by atoms with Crippen molar-refractivity contribution in [1.29, 1.82) is 0 Å². The summed E-state index contributed by atoms with van der Waals surface area (Å²) >= 11 is 0. The molecule has 2 heterocycles. The molecule has 0 bridgehead atoms. The van der Waals surface area contributed by atoms with Gasteiger partial charge in [0.25, 0.3) is 5.91 Å². The molecule has 8 heteroatoms. The number of pyridine rings is 1. The van der Waals surface area contributed by atoms with E-state index in [0.29, 0.717) is 31.6 Å². The van der Waals surface area contributed by atoms with Crippen molar-refractivity contribution in [3.63, 3.8) is 0 Å². The van der Waals surface area contributed by atoms with Crippen molar-refractivity contribution in [2.45, 2.75) is 27.2 Å². The van der Waals surface area contributed by atoms with Gasteiger partial charge in [0, 0.05) is 37.2 Å². The van der Waals surface area contributed by atoms with Gasteiger partial charge >= 0.3 is 0 Å². The van der Waals surface area contributed by atoms with Crippen LogP contribution in [0.5, 0.6) is 0 Å². The van der Waals surface area contributed by atoms with Crippen LogP contribution in [0.25, 0.3) is 5.82 Å². The molecule has 2 rings (SSSR count). The van der Waals surface area contributed by atoms with E-state index in [4.69, 9.17) is 0 Å². The third kappa shape index (κ3) is 4.70. The van der Waals surface area contributed by atoms with Crippen molar-refractivity contribution < 1.29 is 13.2 Å². The number of carbonyl (C=O) groups is 1. The summed E-state index contributed by atoms with van der Waals surface area (Å²) in [6, 6.07) is 7.49. The van der Waals surface area contributed by atoms with Crippen LogP contribution in [0.4, 0.5) is 0 Å². The van der Waals surface area contributed by atoms with Gasteiger partial charge in [-0.15, -0.1) is 0 Å². The normalized spacial score (nSPS) is 11.7. The number of nitrogens with zero attached hydrogens (tertiary/aromatic N) is 3. The fourth-order valence-corrected chi connectivity index (χ4v) is 3.87. The second-order valence-corrected chi connectivity index (χ2v) is 8.15. The highest BCUT2D eigenvalue weighted by molar-refractivity contribution is 7.88. The zero-order chi connectivity index (χ0) is 19.3. The van der Waals surface area contributed by atoms with Crippen LogP contribution < -0.4 is 5.32 Å². The van der Waals surface area contributed by atoms with Crippen LogP contribution >= 0.6 is 0 Å². The Hall–Kier alpha value is -2.19. The number of hydrogen-bond acceptors (Lipinski definition) is 4. The minimum atomic E-state index is -3.20. The van der Waals surface area contributed by atoms with E-state index in [2.05, 4.69) is 10.3 Å². The Morgan fingerprint density at radius 3 is 2.62 bits per heavy atom. The van der Waals surface area contributed by atoms with Gasteiger partial charge in [0.1, 0.15) is 5.82 Å². The van der Waals surface area contributed by atoms with E-state index in [-0.39, 0.29) is 5.91 Å². The average Bonchev–Trinajstić information content (AvgIpc) is 2.89. The molecule has 0 aromatic carbocycles. The van der Waals surface area contributed by atoms with Crippen molar-refractivity contribution in [3.05, 3.63) is 47.4 Å². The van der Waals surface area contributed by atoms with Gasteiger partial charge in [-0.25, -0.2) is 17.7 Å². The highest BCUT2D eigenvalue weighted by Gasteiger charge is 2.17. The molecule has 0 aliphatic carbocycles. The summed E-state index contributed by atoms with van der Waals surface area (Å²) in [5.41, 5.74) is 2.36. The molecule has 0 atom stereocenters. The lowest BCUT2D eigenvalue weighted by molar-refractivity contribution is 0.0952. The van der Waals surface area contributed by atoms with Crippen LogP contribution in [0.3, 0.4) is 0 Å². The summed E-state index contributed by atoms with van der Waals surface area (Å²) in [5.74, 6) is 0.607. The van der Waals surface area contributed by atoms with Gasteiger partial charge < -0.3 is 9.88 Å². The van der Waals surface area contributed by atoms with E-state index < -0.39 is 10.0 Å². The molecule has 0 saturated carbocycles. The second-order valence-electron chi connectivity index (χ2n) is 6.17. The number of hydrogen-bond donors (Lipinski definition) is 1. The summed E-state index contributed by atoms with van der Waals surface area (Å²) in [6.45, 7) is 6.85. The quantitative estimate of drug-likeness (QED) is 0.711. The molecule has 2 aromatic rings. The Kier molecular flexibility index (Phi) is 6.55. The van der Waals surface area contributed by atoms with Gasteiger partial charge in [-0.3, -0.25) is 4.79 Å². The lowest BCUT2D eigenvalue weighted by atomic mass is 10.2. The van der Waals surface area contributed by atoms with E-state index in [1.165, 1.54) is 10.6 Å². The van der Waals surface area contributed by atoms with Crippen LogP contribution in [0.2, 0.25) is 0 Å². The van der Waals surface area contributed by atoms with E-state index in [1.54, 1.807) is 13.1 Å². The van der Waals surface area contributed by atoms with Gasteiger partial charge in [-0.05, 0) is 38.5 Å². The number of amides is 1. The number of nitrogens with one attached hydrogen (secondary N) is 1. The molecular weight excluding hydrogens is 352 g/mol. The highest BCUT2D eigenvalue weighted by atomic mass is 32.2. The third-order valence-electron chi connectivity index (χ3n) is 4.25. The topological polar surface area (TPSA) is 84.3 Å². The predicted molar refractivity (Wildman–Crippen MR) is 102 cm³/mol. The Balaban J connectivity index is 2.01. The molecule has 142 valence electrons. The minimum absolute atomic E-state index is 0.164. The molecule has 0 aliphatic rings. The maximum Gasteiger partial charge on any atom is 0.253 e. The first-order chi connectivity index (χ1) is 12.3. The van der Waals surface area contributed by atoms with Crippen LogP contribution in [0, 0.1) is 13.8 Å². The molecule has 2 aromatic heterocycles. The minimum Gasteiger partial charge on any atom is -0.352 e. The fourth-order valence-electron chi connectivity index (χ4n) is 2.94. The molecule has 0 fully saturated rings. The Morgan fingerprint density at radius 1 is 1.31 bits per heavy atom. The summed E-state index contributed by atoms with van der Waals surface area (Å²) in [6.07, 6.45) is 3.47. The Labute approximate surface area is 155 Å². The Bertz CT molecular complexity index is 860. The van der Waals surface area contributed by atoms with Gasteiger partial charge in [-0.2, -0.15) is 0 Å². The summed E-state index contributed by atoms with van der Waals surface area (Å²) in [4.78, 5) is 16.8. The summed E-state index contributed by atoms with van der Waals surface area (Å²) < 4.78 is 26.5. The maximum absolute atomic E-state index is 12.5. The molecule has 0 spiro atoms. The predicted octanol–water partition coefficient (Wildman–Crippen LogP) is 1.89. The highest BCUT2D eigenvalue weighted by Crippen LogP contribution is 2.19. The monoisotopic (exact) mass is 378 g/mol. The first kappa shape index (κ1) is 20.1. The first-order valence-electron chi connectivity index (χ1n) is 8.59. The fraction of sp³-hybridized carbons (Fsp3) is 0.444. The van der Waals surface area contributed by atoms with Crippen molar-refractivity contribution in [2.24, 2.45) is 0 Å². The molecule has 1 N–H and O–H groups in total. The van der Waals surface area contributed by atoms with Crippen LogP contribution in [0.1, 0.15) is 35.1 Å².